The number of hydrogen-bond acceptors (Lipinski definition) is 6. The molecule has 0 atom stereocenters. The summed E-state index contributed by atoms with van der Waals surface area (Å²) in [5, 5.41) is 0. The first-order chi connectivity index (χ1) is 12.3. The smallest absolute Gasteiger partial charge is 0.343 e. The molecule has 0 radical (unpaired) electrons. The van der Waals surface area contributed by atoms with E-state index < -0.39 is 16.1 Å². The summed E-state index contributed by atoms with van der Waals surface area (Å²) >= 11 is 0. The Balaban J connectivity index is 2.35. The molecule has 146 valence electrons. The van der Waals surface area contributed by atoms with Crippen molar-refractivity contribution in [1.82, 2.24) is 4.57 Å². The summed E-state index contributed by atoms with van der Waals surface area (Å²) in [5.74, 6) is -0.608. The van der Waals surface area contributed by atoms with Crippen LogP contribution in [0, 0.1) is 0 Å². The van der Waals surface area contributed by atoms with Gasteiger partial charge in [0, 0.05) is 12.2 Å². The number of carbonyl (C=O) groups excluding carboxylic acids is 1. The van der Waals surface area contributed by atoms with E-state index in [1.807, 2.05) is 0 Å². The van der Waals surface area contributed by atoms with Crippen LogP contribution < -0.4 is 5.56 Å². The van der Waals surface area contributed by atoms with Crippen LogP contribution in [0.5, 0.6) is 0 Å². The van der Waals surface area contributed by atoms with Crippen LogP contribution >= 0.6 is 0 Å². The summed E-state index contributed by atoms with van der Waals surface area (Å²) in [6.45, 7) is 2.22. The Morgan fingerprint density at radius 3 is 2.54 bits per heavy atom. The maximum Gasteiger partial charge on any atom is 0.343 e. The van der Waals surface area contributed by atoms with Gasteiger partial charge < -0.3 is 9.30 Å². The van der Waals surface area contributed by atoms with Gasteiger partial charge in [-0.3, -0.25) is 8.98 Å². The van der Waals surface area contributed by atoms with Gasteiger partial charge in [0.05, 0.1) is 19.5 Å². The lowest BCUT2D eigenvalue weighted by atomic mass is 9.95. The molecule has 0 unspecified atom stereocenters. The zero-order chi connectivity index (χ0) is 19.2. The highest BCUT2D eigenvalue weighted by atomic mass is 32.2. The number of rotatable bonds is 7. The summed E-state index contributed by atoms with van der Waals surface area (Å²) in [7, 11) is -3.51. The van der Waals surface area contributed by atoms with Crippen molar-refractivity contribution in [1.29, 1.82) is 0 Å². The van der Waals surface area contributed by atoms with E-state index in [2.05, 4.69) is 0 Å². The highest BCUT2D eigenvalue weighted by molar-refractivity contribution is 7.85. The van der Waals surface area contributed by atoms with Gasteiger partial charge in [0.2, 0.25) is 0 Å². The molecule has 0 amide bonds. The maximum atomic E-state index is 12.8. The SMILES string of the molecule is CCOC(=O)c1cc2c(n(CCCOS(C)(=O)=O)c1=O)CCCCCC2. The van der Waals surface area contributed by atoms with Crippen molar-refractivity contribution >= 4 is 16.1 Å². The minimum atomic E-state index is -3.51. The summed E-state index contributed by atoms with van der Waals surface area (Å²) in [6, 6.07) is 1.69. The van der Waals surface area contributed by atoms with Crippen molar-refractivity contribution in [2.24, 2.45) is 0 Å². The molecule has 0 spiro atoms. The van der Waals surface area contributed by atoms with Gasteiger partial charge in [-0.25, -0.2) is 4.79 Å². The molecule has 0 N–H and O–H groups in total. The van der Waals surface area contributed by atoms with Crippen molar-refractivity contribution in [3.63, 3.8) is 0 Å². The average molecular weight is 385 g/mol. The largest absolute Gasteiger partial charge is 0.462 e. The third-order valence-electron chi connectivity index (χ3n) is 4.42. The molecule has 0 fully saturated rings. The van der Waals surface area contributed by atoms with E-state index in [1.54, 1.807) is 17.6 Å². The number of nitrogens with zero attached hydrogens (tertiary/aromatic N) is 1. The second kappa shape index (κ2) is 9.32. The zero-order valence-corrected chi connectivity index (χ0v) is 16.3. The van der Waals surface area contributed by atoms with Crippen LogP contribution in [0.4, 0.5) is 0 Å². The molecular weight excluding hydrogens is 358 g/mol. The predicted octanol–water partition coefficient (Wildman–Crippen LogP) is 2.05. The minimum Gasteiger partial charge on any atom is -0.462 e. The first kappa shape index (κ1) is 20.6. The van der Waals surface area contributed by atoms with E-state index >= 15 is 0 Å². The normalized spacial score (nSPS) is 15.0. The van der Waals surface area contributed by atoms with Gasteiger partial charge in [-0.15, -0.1) is 0 Å². The van der Waals surface area contributed by atoms with Gasteiger partial charge in [0.15, 0.2) is 0 Å². The molecule has 0 saturated carbocycles. The molecule has 0 saturated heterocycles. The van der Waals surface area contributed by atoms with Crippen molar-refractivity contribution in [2.45, 2.75) is 58.4 Å². The molecule has 8 heteroatoms. The lowest BCUT2D eigenvalue weighted by Gasteiger charge is -2.20. The minimum absolute atomic E-state index is 0.00365. The number of ether oxygens (including phenoxy) is 1. The lowest BCUT2D eigenvalue weighted by Crippen LogP contribution is -2.32. The van der Waals surface area contributed by atoms with Gasteiger partial charge in [-0.1, -0.05) is 12.8 Å². The Morgan fingerprint density at radius 1 is 1.19 bits per heavy atom. The number of fused-ring (bicyclic) bond motifs is 1. The number of aromatic nitrogens is 1. The first-order valence-corrected chi connectivity index (χ1v) is 10.9. The topological polar surface area (TPSA) is 91.7 Å². The third-order valence-corrected chi connectivity index (χ3v) is 5.01. The second-order valence-corrected chi connectivity index (χ2v) is 8.15. The van der Waals surface area contributed by atoms with Crippen LogP contribution in [0.3, 0.4) is 0 Å². The van der Waals surface area contributed by atoms with Crippen LogP contribution in [0.2, 0.25) is 0 Å². The van der Waals surface area contributed by atoms with E-state index in [4.69, 9.17) is 8.92 Å². The fraction of sp³-hybridized carbons (Fsp3) is 0.667. The Morgan fingerprint density at radius 2 is 1.88 bits per heavy atom. The summed E-state index contributed by atoms with van der Waals surface area (Å²) in [6.07, 6.45) is 7.22. The van der Waals surface area contributed by atoms with E-state index in [0.717, 1.165) is 56.0 Å². The van der Waals surface area contributed by atoms with Gasteiger partial charge in [-0.05, 0) is 50.7 Å². The van der Waals surface area contributed by atoms with Gasteiger partial charge in [-0.2, -0.15) is 8.42 Å². The molecule has 1 heterocycles. The Hall–Kier alpha value is -1.67. The third kappa shape index (κ3) is 5.67. The van der Waals surface area contributed by atoms with Crippen LogP contribution in [-0.2, 0) is 38.4 Å². The number of hydrogen-bond donors (Lipinski definition) is 0. The maximum absolute atomic E-state index is 12.8. The molecule has 0 aromatic carbocycles. The number of pyridine rings is 1. The Bertz CT molecular complexity index is 797. The molecule has 0 aliphatic heterocycles. The van der Waals surface area contributed by atoms with Gasteiger partial charge >= 0.3 is 5.97 Å². The number of esters is 1. The molecular formula is C18H27NO6S. The fourth-order valence-electron chi connectivity index (χ4n) is 3.26. The van der Waals surface area contributed by atoms with Crippen molar-refractivity contribution < 1.29 is 22.1 Å². The van der Waals surface area contributed by atoms with Crippen molar-refractivity contribution in [3.8, 4) is 0 Å². The van der Waals surface area contributed by atoms with Crippen molar-refractivity contribution in [3.05, 3.63) is 33.2 Å². The highest BCUT2D eigenvalue weighted by Crippen LogP contribution is 2.20. The average Bonchev–Trinajstić information content (AvgIpc) is 2.53. The highest BCUT2D eigenvalue weighted by Gasteiger charge is 2.20. The first-order valence-electron chi connectivity index (χ1n) is 9.10. The van der Waals surface area contributed by atoms with Crippen LogP contribution in [-0.4, -0.2) is 38.4 Å². The molecule has 1 aliphatic rings. The van der Waals surface area contributed by atoms with Crippen molar-refractivity contribution in [2.75, 3.05) is 19.5 Å². The molecule has 1 aromatic rings. The standard InChI is InChI=1S/C18H27NO6S/c1-3-24-18(21)15-13-14-9-6-4-5-7-10-16(14)19(17(15)20)11-8-12-25-26(2,22)23/h13H,3-12H2,1-2H3. The quantitative estimate of drug-likeness (QED) is 0.405. The Kier molecular flexibility index (Phi) is 7.40. The van der Waals surface area contributed by atoms with Crippen LogP contribution in [0.1, 0.15) is 60.6 Å². The monoisotopic (exact) mass is 385 g/mol. The number of carbonyl (C=O) groups is 1. The molecule has 1 aromatic heterocycles. The molecule has 26 heavy (non-hydrogen) atoms. The summed E-state index contributed by atoms with van der Waals surface area (Å²) < 4.78 is 33.6. The van der Waals surface area contributed by atoms with E-state index in [-0.39, 0.29) is 24.3 Å². The lowest BCUT2D eigenvalue weighted by molar-refractivity contribution is 0.0523. The molecule has 7 nitrogen and oxygen atoms in total. The number of aryl methyl sites for hydroxylation is 1. The van der Waals surface area contributed by atoms with Crippen LogP contribution in [0.25, 0.3) is 0 Å². The predicted molar refractivity (Wildman–Crippen MR) is 97.9 cm³/mol. The summed E-state index contributed by atoms with van der Waals surface area (Å²) in [5.41, 5.74) is 1.64. The zero-order valence-electron chi connectivity index (χ0n) is 15.5. The fourth-order valence-corrected chi connectivity index (χ4v) is 3.68. The molecule has 0 bridgehead atoms. The summed E-state index contributed by atoms with van der Waals surface area (Å²) in [4.78, 5) is 25.0. The van der Waals surface area contributed by atoms with Gasteiger partial charge in [0.25, 0.3) is 15.7 Å². The van der Waals surface area contributed by atoms with Crippen LogP contribution in [0.15, 0.2) is 10.9 Å². The Labute approximate surface area is 154 Å². The molecule has 2 rings (SSSR count). The van der Waals surface area contributed by atoms with E-state index in [0.29, 0.717) is 13.0 Å². The van der Waals surface area contributed by atoms with E-state index in [1.165, 1.54) is 0 Å². The van der Waals surface area contributed by atoms with Gasteiger partial charge in [0.1, 0.15) is 5.56 Å². The second-order valence-electron chi connectivity index (χ2n) is 6.50. The van der Waals surface area contributed by atoms with E-state index in [9.17, 15) is 18.0 Å². The molecule has 1 aliphatic carbocycles.